The standard InChI is InChI=1S/C38H45NO5Si/c1-38(2,3)45(30-20-12-6-13-21-30,31-22-14-7-15-23-31)44-27-32-36(42-25-28-16-8-4-9-17-28)37(34-35(41)33(40)24-39(32)34)43-26-29-18-10-5-11-19-29/h4-23,32-37,40-41H,24-27H2,1-3H3/t32-,33-,34-,35+,36-,37-/m1/s1. The highest BCUT2D eigenvalue weighted by atomic mass is 28.4. The van der Waals surface area contributed by atoms with E-state index in [0.717, 1.165) is 11.1 Å². The number of ether oxygens (including phenoxy) is 2. The zero-order valence-electron chi connectivity index (χ0n) is 26.4. The van der Waals surface area contributed by atoms with Gasteiger partial charge >= 0.3 is 0 Å². The second-order valence-electron chi connectivity index (χ2n) is 13.3. The molecule has 2 aliphatic rings. The molecule has 236 valence electrons. The molecule has 0 unspecified atom stereocenters. The first-order valence-electron chi connectivity index (χ1n) is 16.0. The van der Waals surface area contributed by atoms with Gasteiger partial charge in [0.15, 0.2) is 0 Å². The van der Waals surface area contributed by atoms with Crippen molar-refractivity contribution in [2.45, 2.75) is 75.5 Å². The van der Waals surface area contributed by atoms with Crippen LogP contribution in [0.3, 0.4) is 0 Å². The van der Waals surface area contributed by atoms with Gasteiger partial charge in [-0.15, -0.1) is 0 Å². The Balaban J connectivity index is 1.37. The van der Waals surface area contributed by atoms with Crippen molar-refractivity contribution in [3.63, 3.8) is 0 Å². The molecular formula is C38H45NO5Si. The molecule has 0 radical (unpaired) electrons. The fraction of sp³-hybridized carbons (Fsp3) is 0.368. The Morgan fingerprint density at radius 3 is 1.58 bits per heavy atom. The van der Waals surface area contributed by atoms with Crippen LogP contribution in [0, 0.1) is 0 Å². The van der Waals surface area contributed by atoms with Crippen molar-refractivity contribution in [2.75, 3.05) is 13.2 Å². The normalized spacial score (nSPS) is 25.4. The van der Waals surface area contributed by atoms with Gasteiger partial charge in [-0.3, -0.25) is 4.90 Å². The summed E-state index contributed by atoms with van der Waals surface area (Å²) in [4.78, 5) is 2.18. The summed E-state index contributed by atoms with van der Waals surface area (Å²) in [6.07, 6.45) is -2.68. The molecule has 2 N–H and O–H groups in total. The Morgan fingerprint density at radius 1 is 0.667 bits per heavy atom. The molecule has 6 rings (SSSR count). The van der Waals surface area contributed by atoms with Crippen LogP contribution in [0.2, 0.25) is 5.04 Å². The highest BCUT2D eigenvalue weighted by Crippen LogP contribution is 2.41. The predicted octanol–water partition coefficient (Wildman–Crippen LogP) is 4.52. The van der Waals surface area contributed by atoms with Gasteiger partial charge in [-0.1, -0.05) is 142 Å². The molecule has 6 atom stereocenters. The zero-order valence-corrected chi connectivity index (χ0v) is 27.4. The quantitative estimate of drug-likeness (QED) is 0.240. The number of benzene rings is 4. The van der Waals surface area contributed by atoms with Crippen LogP contribution in [0.1, 0.15) is 31.9 Å². The molecule has 2 fully saturated rings. The summed E-state index contributed by atoms with van der Waals surface area (Å²) in [5, 5.41) is 24.4. The maximum Gasteiger partial charge on any atom is 0.261 e. The summed E-state index contributed by atoms with van der Waals surface area (Å²) in [5.41, 5.74) is 2.12. The van der Waals surface area contributed by atoms with Crippen LogP contribution in [-0.2, 0) is 27.1 Å². The van der Waals surface area contributed by atoms with Crippen LogP contribution in [0.4, 0.5) is 0 Å². The molecule has 2 heterocycles. The summed E-state index contributed by atoms with van der Waals surface area (Å²) < 4.78 is 20.8. The van der Waals surface area contributed by atoms with E-state index in [1.165, 1.54) is 10.4 Å². The SMILES string of the molecule is CC(C)(C)[Si](OC[C@@H]1[C@@H](OCc2ccccc2)[C@H](OCc2ccccc2)[C@H]2[C@@H](O)[C@H](O)CN21)(c1ccccc1)c1ccccc1. The van der Waals surface area contributed by atoms with E-state index in [4.69, 9.17) is 13.9 Å². The van der Waals surface area contributed by atoms with Gasteiger partial charge in [-0.25, -0.2) is 0 Å². The summed E-state index contributed by atoms with van der Waals surface area (Å²) in [7, 11) is -2.85. The molecule has 6 nitrogen and oxygen atoms in total. The lowest BCUT2D eigenvalue weighted by Gasteiger charge is -2.44. The van der Waals surface area contributed by atoms with Gasteiger partial charge < -0.3 is 24.1 Å². The van der Waals surface area contributed by atoms with E-state index < -0.39 is 32.7 Å². The summed E-state index contributed by atoms with van der Waals surface area (Å²) in [6, 6.07) is 40.8. The zero-order chi connectivity index (χ0) is 31.4. The molecule has 0 bridgehead atoms. The lowest BCUT2D eigenvalue weighted by Crippen LogP contribution is -2.67. The van der Waals surface area contributed by atoms with E-state index >= 15 is 0 Å². The number of hydrogen-bond donors (Lipinski definition) is 2. The largest absolute Gasteiger partial charge is 0.406 e. The first-order valence-corrected chi connectivity index (χ1v) is 17.9. The van der Waals surface area contributed by atoms with Crippen molar-refractivity contribution in [2.24, 2.45) is 0 Å². The van der Waals surface area contributed by atoms with Crippen molar-refractivity contribution in [3.8, 4) is 0 Å². The first-order chi connectivity index (χ1) is 21.8. The minimum absolute atomic E-state index is 0.193. The smallest absolute Gasteiger partial charge is 0.261 e. The maximum atomic E-state index is 11.3. The molecule has 0 amide bonds. The van der Waals surface area contributed by atoms with E-state index in [0.29, 0.717) is 26.4 Å². The fourth-order valence-corrected chi connectivity index (χ4v) is 11.9. The molecule has 2 saturated heterocycles. The van der Waals surface area contributed by atoms with E-state index in [1.807, 2.05) is 60.7 Å². The van der Waals surface area contributed by atoms with E-state index in [-0.39, 0.29) is 17.2 Å². The summed E-state index contributed by atoms with van der Waals surface area (Å²) in [5.74, 6) is 0. The average molecular weight is 624 g/mol. The molecule has 0 aliphatic carbocycles. The second-order valence-corrected chi connectivity index (χ2v) is 17.6. The monoisotopic (exact) mass is 623 g/mol. The minimum Gasteiger partial charge on any atom is -0.406 e. The fourth-order valence-electron chi connectivity index (χ4n) is 7.31. The lowest BCUT2D eigenvalue weighted by atomic mass is 10.0. The van der Waals surface area contributed by atoms with E-state index in [9.17, 15) is 10.2 Å². The van der Waals surface area contributed by atoms with Crippen LogP contribution in [0.25, 0.3) is 0 Å². The Kier molecular flexibility index (Phi) is 9.68. The first kappa shape index (κ1) is 31.8. The van der Waals surface area contributed by atoms with Crippen molar-refractivity contribution in [3.05, 3.63) is 132 Å². The molecular weight excluding hydrogens is 579 g/mol. The van der Waals surface area contributed by atoms with Gasteiger partial charge in [-0.2, -0.15) is 0 Å². The number of aliphatic hydroxyl groups is 2. The van der Waals surface area contributed by atoms with Gasteiger partial charge in [0, 0.05) is 6.54 Å². The van der Waals surface area contributed by atoms with Gasteiger partial charge in [0.25, 0.3) is 8.32 Å². The highest BCUT2D eigenvalue weighted by Gasteiger charge is 2.59. The number of nitrogens with zero attached hydrogens (tertiary/aromatic N) is 1. The second kappa shape index (κ2) is 13.7. The Morgan fingerprint density at radius 2 is 1.11 bits per heavy atom. The van der Waals surface area contributed by atoms with E-state index in [1.54, 1.807) is 0 Å². The third-order valence-corrected chi connectivity index (χ3v) is 14.5. The van der Waals surface area contributed by atoms with Crippen molar-refractivity contribution < 1.29 is 24.1 Å². The molecule has 2 aliphatic heterocycles. The van der Waals surface area contributed by atoms with Crippen LogP contribution in [0.5, 0.6) is 0 Å². The van der Waals surface area contributed by atoms with Crippen LogP contribution < -0.4 is 10.4 Å². The van der Waals surface area contributed by atoms with Gasteiger partial charge in [-0.05, 0) is 26.5 Å². The van der Waals surface area contributed by atoms with Crippen LogP contribution in [0.15, 0.2) is 121 Å². The van der Waals surface area contributed by atoms with Crippen LogP contribution >= 0.6 is 0 Å². The number of hydrogen-bond acceptors (Lipinski definition) is 6. The molecule has 45 heavy (non-hydrogen) atoms. The molecule has 4 aromatic rings. The minimum atomic E-state index is -2.85. The predicted molar refractivity (Wildman–Crippen MR) is 180 cm³/mol. The number of aliphatic hydroxyl groups excluding tert-OH is 2. The van der Waals surface area contributed by atoms with Gasteiger partial charge in [0.1, 0.15) is 12.2 Å². The van der Waals surface area contributed by atoms with Gasteiger partial charge in [0.2, 0.25) is 0 Å². The van der Waals surface area contributed by atoms with Crippen molar-refractivity contribution in [1.82, 2.24) is 4.90 Å². The van der Waals surface area contributed by atoms with Crippen LogP contribution in [-0.4, -0.2) is 73.1 Å². The molecule has 0 spiro atoms. The molecule has 4 aromatic carbocycles. The van der Waals surface area contributed by atoms with Gasteiger partial charge in [0.05, 0.1) is 44.1 Å². The van der Waals surface area contributed by atoms with Crippen molar-refractivity contribution >= 4 is 18.7 Å². The van der Waals surface area contributed by atoms with Crippen molar-refractivity contribution in [1.29, 1.82) is 0 Å². The molecule has 7 heteroatoms. The topological polar surface area (TPSA) is 71.4 Å². The summed E-state index contributed by atoms with van der Waals surface area (Å²) in [6.45, 7) is 8.31. The van der Waals surface area contributed by atoms with E-state index in [2.05, 4.69) is 86.3 Å². The third kappa shape index (κ3) is 6.44. The summed E-state index contributed by atoms with van der Waals surface area (Å²) >= 11 is 0. The Hall–Kier alpha value is -3.14. The number of fused-ring (bicyclic) bond motifs is 1. The maximum absolute atomic E-state index is 11.3. The lowest BCUT2D eigenvalue weighted by molar-refractivity contribution is -0.0988. The molecule has 0 saturated carbocycles. The highest BCUT2D eigenvalue weighted by molar-refractivity contribution is 6.99. The number of rotatable bonds is 11. The average Bonchev–Trinajstić information content (AvgIpc) is 3.51. The molecule has 0 aromatic heterocycles. The third-order valence-electron chi connectivity index (χ3n) is 9.45. The Bertz CT molecular complexity index is 1450. The Labute approximate surface area is 268 Å².